The van der Waals surface area contributed by atoms with Gasteiger partial charge in [-0.25, -0.2) is 4.98 Å². The smallest absolute Gasteiger partial charge is 0.0897 e. The van der Waals surface area contributed by atoms with E-state index in [2.05, 4.69) is 24.1 Å². The number of nitrogens with one attached hydrogen (secondary N) is 1. The van der Waals surface area contributed by atoms with Crippen LogP contribution in [0.5, 0.6) is 0 Å². The van der Waals surface area contributed by atoms with Gasteiger partial charge in [0.05, 0.1) is 5.01 Å². The van der Waals surface area contributed by atoms with Crippen molar-refractivity contribution < 1.29 is 0 Å². The van der Waals surface area contributed by atoms with E-state index in [0.717, 1.165) is 30.6 Å². The first kappa shape index (κ1) is 15.6. The molecular formula is C14H27N3S. The lowest BCUT2D eigenvalue weighted by Gasteiger charge is -2.14. The summed E-state index contributed by atoms with van der Waals surface area (Å²) in [5, 5.41) is 4.64. The minimum atomic E-state index is 0.826. The van der Waals surface area contributed by atoms with Crippen LogP contribution in [0.15, 0.2) is 6.20 Å². The van der Waals surface area contributed by atoms with Gasteiger partial charge < -0.3 is 11.1 Å². The molecule has 1 aromatic heterocycles. The first-order valence-electron chi connectivity index (χ1n) is 7.08. The summed E-state index contributed by atoms with van der Waals surface area (Å²) in [7, 11) is 0. The van der Waals surface area contributed by atoms with Gasteiger partial charge in [-0.2, -0.15) is 0 Å². The van der Waals surface area contributed by atoms with E-state index in [0.29, 0.717) is 0 Å². The molecule has 1 aromatic rings. The highest BCUT2D eigenvalue weighted by Crippen LogP contribution is 2.16. The third kappa shape index (κ3) is 6.47. The molecule has 0 saturated carbocycles. The highest BCUT2D eigenvalue weighted by atomic mass is 32.1. The summed E-state index contributed by atoms with van der Waals surface area (Å²) in [5.41, 5.74) is 5.65. The number of hydrogen-bond donors (Lipinski definition) is 2. The van der Waals surface area contributed by atoms with Crippen LogP contribution in [-0.2, 0) is 6.54 Å². The molecule has 0 saturated heterocycles. The van der Waals surface area contributed by atoms with Crippen molar-refractivity contribution in [3.05, 3.63) is 16.1 Å². The van der Waals surface area contributed by atoms with Gasteiger partial charge in [0.25, 0.3) is 0 Å². The Morgan fingerprint density at radius 3 is 2.83 bits per heavy atom. The number of nitrogens with two attached hydrogens (primary N) is 1. The monoisotopic (exact) mass is 269 g/mol. The van der Waals surface area contributed by atoms with Crippen LogP contribution in [0, 0.1) is 12.8 Å². The molecule has 1 unspecified atom stereocenters. The van der Waals surface area contributed by atoms with Crippen LogP contribution in [0.1, 0.15) is 48.9 Å². The van der Waals surface area contributed by atoms with Gasteiger partial charge >= 0.3 is 0 Å². The minimum Gasteiger partial charge on any atom is -0.330 e. The molecule has 0 aliphatic carbocycles. The Hall–Kier alpha value is -0.450. The molecule has 0 amide bonds. The summed E-state index contributed by atoms with van der Waals surface area (Å²) < 4.78 is 0. The fourth-order valence-corrected chi connectivity index (χ4v) is 3.06. The first-order chi connectivity index (χ1) is 8.76. The van der Waals surface area contributed by atoms with Crippen molar-refractivity contribution in [2.45, 2.75) is 52.5 Å². The summed E-state index contributed by atoms with van der Waals surface area (Å²) in [5.74, 6) is 0.826. The van der Waals surface area contributed by atoms with Crippen molar-refractivity contribution >= 4 is 11.3 Å². The van der Waals surface area contributed by atoms with Crippen LogP contribution < -0.4 is 11.1 Å². The standard InChI is InChI=1S/C14H27N3S/c1-3-5-13(7-8-15)6-4-9-16-10-14-11-17-12(2)18-14/h11,13,16H,3-10,15H2,1-2H3. The third-order valence-electron chi connectivity index (χ3n) is 3.21. The molecule has 0 aliphatic heterocycles. The average molecular weight is 269 g/mol. The molecule has 0 radical (unpaired) electrons. The molecule has 0 aliphatic rings. The fraction of sp³-hybridized carbons (Fsp3) is 0.786. The van der Waals surface area contributed by atoms with E-state index in [9.17, 15) is 0 Å². The zero-order valence-electron chi connectivity index (χ0n) is 11.7. The molecule has 3 nitrogen and oxygen atoms in total. The Morgan fingerprint density at radius 2 is 2.22 bits per heavy atom. The number of aryl methyl sites for hydroxylation is 1. The maximum atomic E-state index is 5.65. The van der Waals surface area contributed by atoms with Gasteiger partial charge in [0.2, 0.25) is 0 Å². The van der Waals surface area contributed by atoms with Crippen molar-refractivity contribution in [3.63, 3.8) is 0 Å². The molecule has 1 atom stereocenters. The first-order valence-corrected chi connectivity index (χ1v) is 7.90. The molecular weight excluding hydrogens is 242 g/mol. The highest BCUT2D eigenvalue weighted by molar-refractivity contribution is 7.11. The Bertz CT molecular complexity index is 306. The van der Waals surface area contributed by atoms with Gasteiger partial charge in [0, 0.05) is 17.6 Å². The van der Waals surface area contributed by atoms with Crippen molar-refractivity contribution in [1.29, 1.82) is 0 Å². The van der Waals surface area contributed by atoms with Gasteiger partial charge in [0.1, 0.15) is 0 Å². The van der Waals surface area contributed by atoms with E-state index in [1.165, 1.54) is 37.0 Å². The zero-order chi connectivity index (χ0) is 13.2. The van der Waals surface area contributed by atoms with Crippen LogP contribution in [0.3, 0.4) is 0 Å². The molecule has 0 spiro atoms. The lowest BCUT2D eigenvalue weighted by Crippen LogP contribution is -2.16. The summed E-state index contributed by atoms with van der Waals surface area (Å²) in [6.45, 7) is 7.20. The predicted octanol–water partition coefficient (Wildman–Crippen LogP) is 3.09. The van der Waals surface area contributed by atoms with E-state index in [4.69, 9.17) is 5.73 Å². The van der Waals surface area contributed by atoms with E-state index in [1.807, 2.05) is 6.20 Å². The third-order valence-corrected chi connectivity index (χ3v) is 4.12. The minimum absolute atomic E-state index is 0.826. The molecule has 1 heterocycles. The van der Waals surface area contributed by atoms with E-state index in [1.54, 1.807) is 11.3 Å². The lowest BCUT2D eigenvalue weighted by molar-refractivity contribution is 0.404. The van der Waals surface area contributed by atoms with Crippen LogP contribution in [0.25, 0.3) is 0 Å². The second-order valence-corrected chi connectivity index (χ2v) is 6.22. The Balaban J connectivity index is 2.06. The van der Waals surface area contributed by atoms with Crippen LogP contribution in [0.4, 0.5) is 0 Å². The molecule has 18 heavy (non-hydrogen) atoms. The normalized spacial score (nSPS) is 12.8. The number of thiazole rings is 1. The van der Waals surface area contributed by atoms with Crippen molar-refractivity contribution in [1.82, 2.24) is 10.3 Å². The van der Waals surface area contributed by atoms with Gasteiger partial charge in [-0.05, 0) is 45.2 Å². The number of rotatable bonds is 10. The Labute approximate surface area is 115 Å². The van der Waals surface area contributed by atoms with Crippen molar-refractivity contribution in [2.24, 2.45) is 11.7 Å². The van der Waals surface area contributed by atoms with E-state index in [-0.39, 0.29) is 0 Å². The van der Waals surface area contributed by atoms with Gasteiger partial charge in [-0.1, -0.05) is 19.8 Å². The largest absolute Gasteiger partial charge is 0.330 e. The molecule has 0 fully saturated rings. The topological polar surface area (TPSA) is 50.9 Å². The second kappa shape index (κ2) is 9.48. The number of hydrogen-bond acceptors (Lipinski definition) is 4. The predicted molar refractivity (Wildman–Crippen MR) is 79.9 cm³/mol. The van der Waals surface area contributed by atoms with Gasteiger partial charge in [0.15, 0.2) is 0 Å². The summed E-state index contributed by atoms with van der Waals surface area (Å²) in [6, 6.07) is 0. The van der Waals surface area contributed by atoms with E-state index >= 15 is 0 Å². The van der Waals surface area contributed by atoms with Crippen LogP contribution in [0.2, 0.25) is 0 Å². The summed E-state index contributed by atoms with van der Waals surface area (Å²) in [4.78, 5) is 5.59. The SMILES string of the molecule is CCCC(CCN)CCCNCc1cnc(C)s1. The van der Waals surface area contributed by atoms with Gasteiger partial charge in [-0.3, -0.25) is 0 Å². The fourth-order valence-electron chi connectivity index (χ4n) is 2.29. The molecule has 3 N–H and O–H groups in total. The van der Waals surface area contributed by atoms with Crippen molar-refractivity contribution in [2.75, 3.05) is 13.1 Å². The second-order valence-electron chi connectivity index (χ2n) is 4.90. The van der Waals surface area contributed by atoms with Crippen LogP contribution >= 0.6 is 11.3 Å². The average Bonchev–Trinajstić information content (AvgIpc) is 2.75. The summed E-state index contributed by atoms with van der Waals surface area (Å²) in [6.07, 6.45) is 8.31. The Morgan fingerprint density at radius 1 is 1.39 bits per heavy atom. The zero-order valence-corrected chi connectivity index (χ0v) is 12.6. The molecule has 1 rings (SSSR count). The Kier molecular flexibility index (Phi) is 8.22. The number of nitrogens with zero attached hydrogens (tertiary/aromatic N) is 1. The molecule has 0 aromatic carbocycles. The molecule has 4 heteroatoms. The summed E-state index contributed by atoms with van der Waals surface area (Å²) >= 11 is 1.78. The maximum absolute atomic E-state index is 5.65. The van der Waals surface area contributed by atoms with Crippen molar-refractivity contribution in [3.8, 4) is 0 Å². The quantitative estimate of drug-likeness (QED) is 0.642. The van der Waals surface area contributed by atoms with Crippen LogP contribution in [-0.4, -0.2) is 18.1 Å². The lowest BCUT2D eigenvalue weighted by atomic mass is 9.94. The number of aromatic nitrogens is 1. The highest BCUT2D eigenvalue weighted by Gasteiger charge is 2.06. The van der Waals surface area contributed by atoms with Gasteiger partial charge in [-0.15, -0.1) is 11.3 Å². The van der Waals surface area contributed by atoms with E-state index < -0.39 is 0 Å². The molecule has 104 valence electrons. The maximum Gasteiger partial charge on any atom is 0.0897 e. The molecule has 0 bridgehead atoms.